The minimum absolute atomic E-state index is 0.0242. The number of hydrogen-bond acceptors (Lipinski definition) is 5. The summed E-state index contributed by atoms with van der Waals surface area (Å²) in [6.45, 7) is 4.39. The number of rotatable bonds is 4. The largest absolute Gasteiger partial charge is 0.376 e. The monoisotopic (exact) mass is 241 g/mol. The summed E-state index contributed by atoms with van der Waals surface area (Å²) < 4.78 is 5.66. The number of thiazole rings is 1. The first-order chi connectivity index (χ1) is 7.69. The fourth-order valence-electron chi connectivity index (χ4n) is 2.41. The highest BCUT2D eigenvalue weighted by Gasteiger charge is 2.43. The van der Waals surface area contributed by atoms with Crippen LogP contribution in [0.25, 0.3) is 0 Å². The Morgan fingerprint density at radius 2 is 2.56 bits per heavy atom. The first-order valence-corrected chi connectivity index (χ1v) is 6.53. The first-order valence-electron chi connectivity index (χ1n) is 5.59. The van der Waals surface area contributed by atoms with Crippen LogP contribution in [0.2, 0.25) is 0 Å². The minimum atomic E-state index is -0.0242. The van der Waals surface area contributed by atoms with E-state index in [4.69, 9.17) is 10.5 Å². The normalized spacial score (nSPS) is 30.1. The van der Waals surface area contributed by atoms with Crippen molar-refractivity contribution >= 4 is 11.3 Å². The van der Waals surface area contributed by atoms with Gasteiger partial charge in [0.25, 0.3) is 0 Å². The van der Waals surface area contributed by atoms with E-state index in [-0.39, 0.29) is 11.6 Å². The molecule has 1 aliphatic rings. The Balaban J connectivity index is 2.09. The minimum Gasteiger partial charge on any atom is -0.376 e. The maximum Gasteiger partial charge on any atom is 0.0795 e. The summed E-state index contributed by atoms with van der Waals surface area (Å²) in [5.74, 6) is 0. The molecule has 2 rings (SSSR count). The van der Waals surface area contributed by atoms with Crippen LogP contribution in [0.1, 0.15) is 19.0 Å². The van der Waals surface area contributed by atoms with Crippen LogP contribution < -0.4 is 5.73 Å². The predicted octanol–water partition coefficient (Wildman–Crippen LogP) is 1.08. The van der Waals surface area contributed by atoms with E-state index in [9.17, 15) is 0 Å². The van der Waals surface area contributed by atoms with Crippen molar-refractivity contribution in [2.75, 3.05) is 20.2 Å². The molecule has 0 aromatic carbocycles. The molecule has 0 amide bonds. The van der Waals surface area contributed by atoms with Gasteiger partial charge in [-0.25, -0.2) is 4.98 Å². The van der Waals surface area contributed by atoms with Gasteiger partial charge < -0.3 is 10.5 Å². The molecule has 0 saturated carbocycles. The van der Waals surface area contributed by atoms with Gasteiger partial charge in [0.2, 0.25) is 0 Å². The van der Waals surface area contributed by atoms with Crippen molar-refractivity contribution in [1.29, 1.82) is 0 Å². The molecule has 90 valence electrons. The van der Waals surface area contributed by atoms with Crippen LogP contribution in [0.4, 0.5) is 0 Å². The number of ether oxygens (including phenoxy) is 1. The van der Waals surface area contributed by atoms with Crippen LogP contribution in [-0.2, 0) is 11.3 Å². The van der Waals surface area contributed by atoms with Gasteiger partial charge in [-0.05, 0) is 20.4 Å². The number of aromatic nitrogens is 1. The van der Waals surface area contributed by atoms with Gasteiger partial charge in [-0.3, -0.25) is 4.90 Å². The third-order valence-corrected chi connectivity index (χ3v) is 4.29. The Kier molecular flexibility index (Phi) is 3.59. The standard InChI is InChI=1S/C11H19N3OS/c1-9-11(7-12,3-4-15-9)14(2)5-10-6-16-8-13-10/h6,8-9H,3-5,7,12H2,1-2H3. The molecule has 16 heavy (non-hydrogen) atoms. The Morgan fingerprint density at radius 1 is 1.75 bits per heavy atom. The van der Waals surface area contributed by atoms with Gasteiger partial charge in [0.15, 0.2) is 0 Å². The summed E-state index contributed by atoms with van der Waals surface area (Å²) in [7, 11) is 2.11. The molecule has 1 aromatic heterocycles. The number of nitrogens with zero attached hydrogens (tertiary/aromatic N) is 2. The van der Waals surface area contributed by atoms with Gasteiger partial charge in [-0.15, -0.1) is 11.3 Å². The molecule has 2 unspecified atom stereocenters. The van der Waals surface area contributed by atoms with E-state index in [1.54, 1.807) is 11.3 Å². The van der Waals surface area contributed by atoms with Crippen molar-refractivity contribution in [2.24, 2.45) is 5.73 Å². The molecule has 2 atom stereocenters. The van der Waals surface area contributed by atoms with Crippen LogP contribution >= 0.6 is 11.3 Å². The average Bonchev–Trinajstić information content (AvgIpc) is 2.88. The second-order valence-corrected chi connectivity index (χ2v) is 5.13. The van der Waals surface area contributed by atoms with Crippen molar-refractivity contribution in [3.05, 3.63) is 16.6 Å². The zero-order valence-corrected chi connectivity index (χ0v) is 10.7. The predicted molar refractivity (Wildman–Crippen MR) is 65.4 cm³/mol. The molecule has 0 spiro atoms. The van der Waals surface area contributed by atoms with Gasteiger partial charge in [-0.2, -0.15) is 0 Å². The Bertz CT molecular complexity index is 330. The smallest absolute Gasteiger partial charge is 0.0795 e. The second kappa shape index (κ2) is 4.79. The van der Waals surface area contributed by atoms with Gasteiger partial charge in [-0.1, -0.05) is 0 Å². The molecule has 4 nitrogen and oxygen atoms in total. The molecule has 1 saturated heterocycles. The molecule has 2 heterocycles. The van der Waals surface area contributed by atoms with Crippen molar-refractivity contribution in [2.45, 2.75) is 31.5 Å². The van der Waals surface area contributed by atoms with E-state index >= 15 is 0 Å². The lowest BCUT2D eigenvalue weighted by molar-refractivity contribution is 0.0240. The SMILES string of the molecule is CC1OCCC1(CN)N(C)Cc1cscn1. The molecule has 0 radical (unpaired) electrons. The van der Waals surface area contributed by atoms with Crippen LogP contribution in [0.3, 0.4) is 0 Å². The Labute approximate surface area is 100 Å². The molecule has 1 aliphatic heterocycles. The zero-order chi connectivity index (χ0) is 11.6. The lowest BCUT2D eigenvalue weighted by Gasteiger charge is -2.39. The number of nitrogens with two attached hydrogens (primary N) is 1. The lowest BCUT2D eigenvalue weighted by atomic mass is 9.90. The third kappa shape index (κ3) is 2.00. The molecule has 2 N–H and O–H groups in total. The van der Waals surface area contributed by atoms with E-state index in [1.165, 1.54) is 0 Å². The highest BCUT2D eigenvalue weighted by atomic mass is 32.1. The second-order valence-electron chi connectivity index (χ2n) is 4.41. The van der Waals surface area contributed by atoms with Gasteiger partial charge in [0, 0.05) is 25.1 Å². The topological polar surface area (TPSA) is 51.4 Å². The zero-order valence-electron chi connectivity index (χ0n) is 9.85. The van der Waals surface area contributed by atoms with Crippen molar-refractivity contribution < 1.29 is 4.74 Å². The van der Waals surface area contributed by atoms with Crippen molar-refractivity contribution in [3.63, 3.8) is 0 Å². The molecule has 0 bridgehead atoms. The van der Waals surface area contributed by atoms with E-state index < -0.39 is 0 Å². The number of likely N-dealkylation sites (N-methyl/N-ethyl adjacent to an activating group) is 1. The van der Waals surface area contributed by atoms with Crippen LogP contribution in [0.5, 0.6) is 0 Å². The maximum absolute atomic E-state index is 5.95. The summed E-state index contributed by atoms with van der Waals surface area (Å²) in [4.78, 5) is 6.60. The Hall–Kier alpha value is -0.490. The fourth-order valence-corrected chi connectivity index (χ4v) is 2.96. The lowest BCUT2D eigenvalue weighted by Crippen LogP contribution is -2.56. The quantitative estimate of drug-likeness (QED) is 0.857. The van der Waals surface area contributed by atoms with Gasteiger partial charge >= 0.3 is 0 Å². The van der Waals surface area contributed by atoms with E-state index in [1.807, 2.05) is 5.51 Å². The maximum atomic E-state index is 5.95. The van der Waals surface area contributed by atoms with Gasteiger partial charge in [0.05, 0.1) is 22.8 Å². The molecule has 1 aromatic rings. The van der Waals surface area contributed by atoms with E-state index in [0.29, 0.717) is 6.54 Å². The number of hydrogen-bond donors (Lipinski definition) is 1. The van der Waals surface area contributed by atoms with E-state index in [2.05, 4.69) is 29.2 Å². The average molecular weight is 241 g/mol. The summed E-state index contributed by atoms with van der Waals surface area (Å²) in [6, 6.07) is 0. The van der Waals surface area contributed by atoms with Gasteiger partial charge in [0.1, 0.15) is 0 Å². The summed E-state index contributed by atoms with van der Waals surface area (Å²) in [5.41, 5.74) is 8.90. The summed E-state index contributed by atoms with van der Waals surface area (Å²) in [5, 5.41) is 2.08. The first kappa shape index (κ1) is 12.0. The molecule has 1 fully saturated rings. The Morgan fingerprint density at radius 3 is 3.06 bits per heavy atom. The third-order valence-electron chi connectivity index (χ3n) is 3.66. The highest BCUT2D eigenvalue weighted by molar-refractivity contribution is 7.07. The van der Waals surface area contributed by atoms with Crippen LogP contribution in [0, 0.1) is 0 Å². The van der Waals surface area contributed by atoms with Crippen molar-refractivity contribution in [3.8, 4) is 0 Å². The highest BCUT2D eigenvalue weighted by Crippen LogP contribution is 2.31. The fraction of sp³-hybridized carbons (Fsp3) is 0.727. The van der Waals surface area contributed by atoms with Crippen LogP contribution in [-0.4, -0.2) is 41.7 Å². The summed E-state index contributed by atoms with van der Waals surface area (Å²) >= 11 is 1.63. The molecule has 5 heteroatoms. The molecule has 0 aliphatic carbocycles. The summed E-state index contributed by atoms with van der Waals surface area (Å²) in [6.07, 6.45) is 1.20. The van der Waals surface area contributed by atoms with E-state index in [0.717, 1.165) is 25.3 Å². The molecular weight excluding hydrogens is 222 g/mol. The molecular formula is C11H19N3OS. The van der Waals surface area contributed by atoms with Crippen molar-refractivity contribution in [1.82, 2.24) is 9.88 Å². The van der Waals surface area contributed by atoms with Crippen LogP contribution in [0.15, 0.2) is 10.9 Å².